The van der Waals surface area contributed by atoms with Crippen LogP contribution >= 0.6 is 0 Å². The van der Waals surface area contributed by atoms with Gasteiger partial charge in [-0.1, -0.05) is 0 Å². The first-order chi connectivity index (χ1) is 11.6. The highest BCUT2D eigenvalue weighted by Gasteiger charge is 2.18. The maximum absolute atomic E-state index is 4.38. The third-order valence-electron chi connectivity index (χ3n) is 4.91. The Morgan fingerprint density at radius 1 is 0.958 bits per heavy atom. The van der Waals surface area contributed by atoms with Crippen molar-refractivity contribution in [1.82, 2.24) is 20.1 Å². The van der Waals surface area contributed by atoms with Crippen molar-refractivity contribution in [2.75, 3.05) is 38.1 Å². The number of hydrogen-bond donors (Lipinski definition) is 1. The Hall–Kier alpha value is -2.40. The molecule has 124 valence electrons. The van der Waals surface area contributed by atoms with Crippen LogP contribution in [0.5, 0.6) is 0 Å². The number of aryl methyl sites for hydroxylation is 2. The molecule has 1 N–H and O–H groups in total. The summed E-state index contributed by atoms with van der Waals surface area (Å²) in [5.74, 6) is 0. The number of rotatable bonds is 2. The summed E-state index contributed by atoms with van der Waals surface area (Å²) in [5.41, 5.74) is 6.90. The predicted molar refractivity (Wildman–Crippen MR) is 98.5 cm³/mol. The summed E-state index contributed by atoms with van der Waals surface area (Å²) in [5, 5.41) is 9.75. The number of nitrogens with zero attached hydrogens (tertiary/aromatic N) is 4. The van der Waals surface area contributed by atoms with E-state index in [1.165, 1.54) is 16.8 Å². The fraction of sp³-hybridized carbons (Fsp3) is 0.368. The van der Waals surface area contributed by atoms with Gasteiger partial charge in [-0.3, -0.25) is 0 Å². The lowest BCUT2D eigenvalue weighted by molar-refractivity contribution is 0.312. The minimum atomic E-state index is 0.834. The summed E-state index contributed by atoms with van der Waals surface area (Å²) < 4.78 is 0. The maximum atomic E-state index is 4.38. The number of aromatic amines is 1. The fourth-order valence-corrected chi connectivity index (χ4v) is 3.63. The van der Waals surface area contributed by atoms with Crippen LogP contribution in [-0.2, 0) is 0 Å². The molecular formula is C19H23N5. The number of benzene rings is 1. The van der Waals surface area contributed by atoms with Crippen LogP contribution in [0.15, 0.2) is 30.5 Å². The van der Waals surface area contributed by atoms with Crippen LogP contribution in [0.4, 0.5) is 5.69 Å². The zero-order chi connectivity index (χ0) is 16.7. The van der Waals surface area contributed by atoms with Crippen LogP contribution in [0.25, 0.3) is 22.3 Å². The van der Waals surface area contributed by atoms with Gasteiger partial charge in [0.25, 0.3) is 0 Å². The maximum Gasteiger partial charge on any atom is 0.159 e. The highest BCUT2D eigenvalue weighted by molar-refractivity contribution is 5.80. The zero-order valence-corrected chi connectivity index (χ0v) is 14.5. The van der Waals surface area contributed by atoms with Gasteiger partial charge in [0, 0.05) is 49.0 Å². The van der Waals surface area contributed by atoms with Gasteiger partial charge in [-0.15, -0.1) is 10.2 Å². The number of aromatic nitrogens is 3. The van der Waals surface area contributed by atoms with Gasteiger partial charge >= 0.3 is 0 Å². The predicted octanol–water partition coefficient (Wildman–Crippen LogP) is 2.99. The van der Waals surface area contributed by atoms with Gasteiger partial charge in [0.15, 0.2) is 5.65 Å². The average molecular weight is 321 g/mol. The lowest BCUT2D eigenvalue weighted by Crippen LogP contribution is -2.45. The number of likely N-dealkylation sites (N-methyl/N-ethyl adjacent to an activating group) is 1. The molecule has 0 aliphatic carbocycles. The minimum Gasteiger partial charge on any atom is -0.369 e. The van der Waals surface area contributed by atoms with Crippen molar-refractivity contribution in [1.29, 1.82) is 0 Å². The van der Waals surface area contributed by atoms with E-state index in [0.717, 1.165) is 48.5 Å². The topological polar surface area (TPSA) is 48.1 Å². The molecule has 1 aliphatic rings. The Morgan fingerprint density at radius 2 is 1.67 bits per heavy atom. The molecule has 5 nitrogen and oxygen atoms in total. The molecule has 5 heteroatoms. The lowest BCUT2D eigenvalue weighted by Gasteiger charge is -2.36. The van der Waals surface area contributed by atoms with Crippen molar-refractivity contribution in [3.05, 3.63) is 41.6 Å². The second-order valence-corrected chi connectivity index (χ2v) is 6.76. The summed E-state index contributed by atoms with van der Waals surface area (Å²) in [6, 6.07) is 8.61. The molecule has 0 saturated carbocycles. The summed E-state index contributed by atoms with van der Waals surface area (Å²) in [6.45, 7) is 8.82. The lowest BCUT2D eigenvalue weighted by atomic mass is 10.0. The van der Waals surface area contributed by atoms with E-state index >= 15 is 0 Å². The molecule has 0 unspecified atom stereocenters. The molecule has 4 rings (SSSR count). The highest BCUT2D eigenvalue weighted by Crippen LogP contribution is 2.31. The van der Waals surface area contributed by atoms with Crippen molar-refractivity contribution < 1.29 is 0 Å². The third-order valence-corrected chi connectivity index (χ3v) is 4.91. The third kappa shape index (κ3) is 2.65. The van der Waals surface area contributed by atoms with E-state index < -0.39 is 0 Å². The summed E-state index contributed by atoms with van der Waals surface area (Å²) in [6.07, 6.45) is 1.90. The van der Waals surface area contributed by atoms with Crippen molar-refractivity contribution in [2.45, 2.75) is 13.8 Å². The molecule has 2 aromatic heterocycles. The number of anilines is 1. The standard InChI is InChI=1S/C19H23N5/c1-13-10-16(17-12-15-4-5-20-19(15)22-21-17)11-14(2)18(13)24-8-6-23(3)7-9-24/h4-5,10-12H,6-9H2,1-3H3,(H,20,22). The van der Waals surface area contributed by atoms with E-state index in [9.17, 15) is 0 Å². The van der Waals surface area contributed by atoms with Gasteiger partial charge in [0.1, 0.15) is 0 Å². The van der Waals surface area contributed by atoms with Crippen LogP contribution in [-0.4, -0.2) is 53.3 Å². The van der Waals surface area contributed by atoms with Gasteiger partial charge in [0.2, 0.25) is 0 Å². The van der Waals surface area contributed by atoms with Gasteiger partial charge in [0.05, 0.1) is 5.69 Å². The van der Waals surface area contributed by atoms with E-state index in [2.05, 4.69) is 64.1 Å². The first-order valence-corrected chi connectivity index (χ1v) is 8.48. The number of fused-ring (bicyclic) bond motifs is 1. The highest BCUT2D eigenvalue weighted by atomic mass is 15.2. The SMILES string of the molecule is Cc1cc(-c2cc3cc[nH]c3nn2)cc(C)c1N1CCN(C)CC1. The molecule has 0 radical (unpaired) electrons. The molecule has 1 saturated heterocycles. The number of hydrogen-bond acceptors (Lipinski definition) is 4. The van der Waals surface area contributed by atoms with Crippen LogP contribution in [0.1, 0.15) is 11.1 Å². The molecule has 3 heterocycles. The second-order valence-electron chi connectivity index (χ2n) is 6.76. The Balaban J connectivity index is 1.71. The molecule has 0 spiro atoms. The second kappa shape index (κ2) is 5.91. The summed E-state index contributed by atoms with van der Waals surface area (Å²) in [4.78, 5) is 7.99. The van der Waals surface area contributed by atoms with Crippen molar-refractivity contribution in [2.24, 2.45) is 0 Å². The van der Waals surface area contributed by atoms with E-state index in [0.29, 0.717) is 0 Å². The Morgan fingerprint density at radius 3 is 2.38 bits per heavy atom. The number of piperazine rings is 1. The molecule has 0 amide bonds. The molecule has 1 aliphatic heterocycles. The molecule has 24 heavy (non-hydrogen) atoms. The first-order valence-electron chi connectivity index (χ1n) is 8.48. The van der Waals surface area contributed by atoms with Crippen LogP contribution in [0.2, 0.25) is 0 Å². The smallest absolute Gasteiger partial charge is 0.159 e. The Kier molecular flexibility index (Phi) is 3.73. The summed E-state index contributed by atoms with van der Waals surface area (Å²) in [7, 11) is 2.19. The van der Waals surface area contributed by atoms with E-state index in [4.69, 9.17) is 0 Å². The summed E-state index contributed by atoms with van der Waals surface area (Å²) >= 11 is 0. The Labute approximate surface area is 142 Å². The average Bonchev–Trinajstić information content (AvgIpc) is 3.03. The monoisotopic (exact) mass is 321 g/mol. The van der Waals surface area contributed by atoms with Crippen LogP contribution < -0.4 is 4.90 Å². The van der Waals surface area contributed by atoms with Gasteiger partial charge in [-0.25, -0.2) is 0 Å². The first kappa shape index (κ1) is 15.1. The molecule has 1 fully saturated rings. The molecule has 3 aromatic rings. The van der Waals surface area contributed by atoms with Crippen molar-refractivity contribution >= 4 is 16.7 Å². The van der Waals surface area contributed by atoms with Gasteiger partial charge in [-0.2, -0.15) is 0 Å². The zero-order valence-electron chi connectivity index (χ0n) is 14.5. The van der Waals surface area contributed by atoms with E-state index in [1.54, 1.807) is 0 Å². The Bertz CT molecular complexity index is 851. The molecular weight excluding hydrogens is 298 g/mol. The molecule has 1 aromatic carbocycles. The molecule has 0 bridgehead atoms. The van der Waals surface area contributed by atoms with Gasteiger partial charge < -0.3 is 14.8 Å². The largest absolute Gasteiger partial charge is 0.369 e. The normalized spacial score (nSPS) is 16.0. The van der Waals surface area contributed by atoms with Gasteiger partial charge in [-0.05, 0) is 56.3 Å². The van der Waals surface area contributed by atoms with Crippen molar-refractivity contribution in [3.63, 3.8) is 0 Å². The minimum absolute atomic E-state index is 0.834. The fourth-order valence-electron chi connectivity index (χ4n) is 3.63. The van der Waals surface area contributed by atoms with E-state index in [1.807, 2.05) is 12.3 Å². The van der Waals surface area contributed by atoms with E-state index in [-0.39, 0.29) is 0 Å². The quantitative estimate of drug-likeness (QED) is 0.788. The number of H-pyrrole nitrogens is 1. The molecule has 0 atom stereocenters. The number of nitrogens with one attached hydrogen (secondary N) is 1. The van der Waals surface area contributed by atoms with Crippen LogP contribution in [0.3, 0.4) is 0 Å². The van der Waals surface area contributed by atoms with Crippen LogP contribution in [0, 0.1) is 13.8 Å². The van der Waals surface area contributed by atoms with Crippen molar-refractivity contribution in [3.8, 4) is 11.3 Å².